The summed E-state index contributed by atoms with van der Waals surface area (Å²) in [4.78, 5) is 0. The third-order valence-electron chi connectivity index (χ3n) is 2.28. The minimum Gasteiger partial charge on any atom is -0.491 e. The fraction of sp³-hybridized carbons (Fsp3) is 0.571. The molecule has 96 valence electrons. The Morgan fingerprint density at radius 2 is 1.82 bits per heavy atom. The molecule has 3 heteroatoms. The molecule has 0 saturated carbocycles. The molecular weight excluding hydrogens is 214 g/mol. The maximum Gasteiger partial charge on any atom is 0.142 e. The number of para-hydroxylation sites is 2. The number of anilines is 1. The first-order valence-electron chi connectivity index (χ1n) is 6.10. The third-order valence-corrected chi connectivity index (χ3v) is 2.28. The zero-order valence-corrected chi connectivity index (χ0v) is 11.2. The number of nitrogens with one attached hydrogen (secondary N) is 1. The van der Waals surface area contributed by atoms with Crippen molar-refractivity contribution in [1.82, 2.24) is 0 Å². The molecule has 0 aliphatic rings. The Balaban J connectivity index is 2.63. The van der Waals surface area contributed by atoms with Crippen LogP contribution in [0.2, 0.25) is 0 Å². The van der Waals surface area contributed by atoms with Gasteiger partial charge in [-0.2, -0.15) is 0 Å². The SMILES string of the molecule is COCC(C)Nc1ccccc1OCC(C)C. The first kappa shape index (κ1) is 13.8. The van der Waals surface area contributed by atoms with E-state index in [0.717, 1.165) is 18.0 Å². The molecule has 1 rings (SSSR count). The monoisotopic (exact) mass is 237 g/mol. The summed E-state index contributed by atoms with van der Waals surface area (Å²) in [5.41, 5.74) is 1.03. The lowest BCUT2D eigenvalue weighted by atomic mass is 10.2. The van der Waals surface area contributed by atoms with E-state index < -0.39 is 0 Å². The minimum absolute atomic E-state index is 0.267. The van der Waals surface area contributed by atoms with Gasteiger partial charge in [0.1, 0.15) is 5.75 Å². The largest absolute Gasteiger partial charge is 0.491 e. The summed E-state index contributed by atoms with van der Waals surface area (Å²) in [6, 6.07) is 8.28. The van der Waals surface area contributed by atoms with Crippen molar-refractivity contribution in [2.24, 2.45) is 5.92 Å². The topological polar surface area (TPSA) is 30.5 Å². The van der Waals surface area contributed by atoms with Crippen LogP contribution in [0.4, 0.5) is 5.69 Å². The first-order valence-corrected chi connectivity index (χ1v) is 6.10. The second-order valence-electron chi connectivity index (χ2n) is 4.70. The Morgan fingerprint density at radius 1 is 1.12 bits per heavy atom. The molecule has 0 bridgehead atoms. The lowest BCUT2D eigenvalue weighted by Gasteiger charge is -2.18. The van der Waals surface area contributed by atoms with Gasteiger partial charge in [-0.25, -0.2) is 0 Å². The van der Waals surface area contributed by atoms with E-state index in [1.807, 2.05) is 24.3 Å². The molecule has 1 aromatic rings. The fourth-order valence-corrected chi connectivity index (χ4v) is 1.53. The van der Waals surface area contributed by atoms with Crippen LogP contribution in [0.1, 0.15) is 20.8 Å². The Morgan fingerprint density at radius 3 is 2.47 bits per heavy atom. The highest BCUT2D eigenvalue weighted by Gasteiger charge is 2.07. The maximum atomic E-state index is 5.77. The van der Waals surface area contributed by atoms with Gasteiger partial charge in [0.05, 0.1) is 18.9 Å². The lowest BCUT2D eigenvalue weighted by Crippen LogP contribution is -2.21. The van der Waals surface area contributed by atoms with Crippen LogP contribution < -0.4 is 10.1 Å². The highest BCUT2D eigenvalue weighted by atomic mass is 16.5. The van der Waals surface area contributed by atoms with E-state index in [2.05, 4.69) is 26.1 Å². The summed E-state index contributed by atoms with van der Waals surface area (Å²) in [7, 11) is 1.71. The summed E-state index contributed by atoms with van der Waals surface area (Å²) in [5.74, 6) is 1.43. The highest BCUT2D eigenvalue weighted by Crippen LogP contribution is 2.24. The molecule has 0 amide bonds. The van der Waals surface area contributed by atoms with Gasteiger partial charge in [-0.15, -0.1) is 0 Å². The van der Waals surface area contributed by atoms with Gasteiger partial charge in [0, 0.05) is 13.2 Å². The van der Waals surface area contributed by atoms with E-state index in [1.54, 1.807) is 7.11 Å². The molecule has 3 nitrogen and oxygen atoms in total. The van der Waals surface area contributed by atoms with Crippen molar-refractivity contribution < 1.29 is 9.47 Å². The predicted molar refractivity (Wildman–Crippen MR) is 71.7 cm³/mol. The van der Waals surface area contributed by atoms with Crippen molar-refractivity contribution in [3.05, 3.63) is 24.3 Å². The first-order chi connectivity index (χ1) is 8.13. The van der Waals surface area contributed by atoms with Crippen molar-refractivity contribution in [1.29, 1.82) is 0 Å². The van der Waals surface area contributed by atoms with E-state index in [0.29, 0.717) is 12.5 Å². The molecule has 1 aromatic carbocycles. The molecule has 0 fully saturated rings. The zero-order valence-electron chi connectivity index (χ0n) is 11.2. The van der Waals surface area contributed by atoms with Crippen molar-refractivity contribution >= 4 is 5.69 Å². The molecule has 1 atom stereocenters. The van der Waals surface area contributed by atoms with Crippen LogP contribution in [0.15, 0.2) is 24.3 Å². The van der Waals surface area contributed by atoms with Crippen LogP contribution >= 0.6 is 0 Å². The molecule has 1 unspecified atom stereocenters. The summed E-state index contributed by atoms with van der Waals surface area (Å²) in [5, 5.41) is 3.39. The molecule has 0 saturated heterocycles. The Labute approximate surface area is 104 Å². The van der Waals surface area contributed by atoms with Crippen LogP contribution in [0, 0.1) is 5.92 Å². The van der Waals surface area contributed by atoms with E-state index in [9.17, 15) is 0 Å². The predicted octanol–water partition coefficient (Wildman–Crippen LogP) is 3.17. The number of hydrogen-bond donors (Lipinski definition) is 1. The van der Waals surface area contributed by atoms with Crippen LogP contribution in [0.25, 0.3) is 0 Å². The number of methoxy groups -OCH3 is 1. The zero-order chi connectivity index (χ0) is 12.7. The van der Waals surface area contributed by atoms with Gasteiger partial charge in [0.15, 0.2) is 0 Å². The van der Waals surface area contributed by atoms with Crippen LogP contribution in [0.5, 0.6) is 5.75 Å². The van der Waals surface area contributed by atoms with Crippen molar-refractivity contribution in [2.75, 3.05) is 25.6 Å². The lowest BCUT2D eigenvalue weighted by molar-refractivity contribution is 0.190. The molecule has 0 aliphatic carbocycles. The van der Waals surface area contributed by atoms with Gasteiger partial charge in [-0.05, 0) is 25.0 Å². The third kappa shape index (κ3) is 5.09. The average molecular weight is 237 g/mol. The van der Waals surface area contributed by atoms with E-state index in [-0.39, 0.29) is 6.04 Å². The minimum atomic E-state index is 0.267. The van der Waals surface area contributed by atoms with Gasteiger partial charge in [0.25, 0.3) is 0 Å². The summed E-state index contributed by atoms with van der Waals surface area (Å²) >= 11 is 0. The maximum absolute atomic E-state index is 5.77. The Hall–Kier alpha value is -1.22. The van der Waals surface area contributed by atoms with Crippen LogP contribution in [-0.4, -0.2) is 26.4 Å². The second kappa shape index (κ2) is 7.17. The Bertz CT molecular complexity index is 326. The van der Waals surface area contributed by atoms with Crippen molar-refractivity contribution in [3.8, 4) is 5.75 Å². The smallest absolute Gasteiger partial charge is 0.142 e. The van der Waals surface area contributed by atoms with Crippen molar-refractivity contribution in [2.45, 2.75) is 26.8 Å². The second-order valence-corrected chi connectivity index (χ2v) is 4.70. The molecule has 1 N–H and O–H groups in total. The number of benzene rings is 1. The molecule has 0 spiro atoms. The number of hydrogen-bond acceptors (Lipinski definition) is 3. The van der Waals surface area contributed by atoms with Gasteiger partial charge in [0.2, 0.25) is 0 Å². The van der Waals surface area contributed by atoms with E-state index in [1.165, 1.54) is 0 Å². The summed E-state index contributed by atoms with van der Waals surface area (Å²) in [6.07, 6.45) is 0. The molecule has 0 aromatic heterocycles. The molecule has 0 heterocycles. The average Bonchev–Trinajstić information content (AvgIpc) is 2.28. The van der Waals surface area contributed by atoms with Crippen LogP contribution in [-0.2, 0) is 4.74 Å². The van der Waals surface area contributed by atoms with Crippen LogP contribution in [0.3, 0.4) is 0 Å². The normalized spacial score (nSPS) is 12.5. The van der Waals surface area contributed by atoms with Gasteiger partial charge in [-0.3, -0.25) is 0 Å². The van der Waals surface area contributed by atoms with Gasteiger partial charge in [-0.1, -0.05) is 26.0 Å². The van der Waals surface area contributed by atoms with Gasteiger partial charge < -0.3 is 14.8 Å². The molecule has 17 heavy (non-hydrogen) atoms. The van der Waals surface area contributed by atoms with Gasteiger partial charge >= 0.3 is 0 Å². The Kier molecular flexibility index (Phi) is 5.84. The fourth-order valence-electron chi connectivity index (χ4n) is 1.53. The number of rotatable bonds is 7. The number of ether oxygens (including phenoxy) is 2. The quantitative estimate of drug-likeness (QED) is 0.790. The standard InChI is InChI=1S/C14H23NO2/c1-11(2)9-17-14-8-6-5-7-13(14)15-12(3)10-16-4/h5-8,11-12,15H,9-10H2,1-4H3. The van der Waals surface area contributed by atoms with Crippen molar-refractivity contribution in [3.63, 3.8) is 0 Å². The highest BCUT2D eigenvalue weighted by molar-refractivity contribution is 5.56. The summed E-state index contributed by atoms with van der Waals surface area (Å²) < 4.78 is 10.9. The van der Waals surface area contributed by atoms with E-state index in [4.69, 9.17) is 9.47 Å². The molecular formula is C14H23NO2. The summed E-state index contributed by atoms with van der Waals surface area (Å²) in [6.45, 7) is 7.78. The molecule has 0 radical (unpaired) electrons. The molecule has 0 aliphatic heterocycles. The van der Waals surface area contributed by atoms with E-state index >= 15 is 0 Å².